The molecule has 1 heterocycles. The zero-order valence-electron chi connectivity index (χ0n) is 12.2. The van der Waals surface area contributed by atoms with Crippen molar-refractivity contribution < 1.29 is 9.72 Å². The van der Waals surface area contributed by atoms with Gasteiger partial charge in [0.25, 0.3) is 11.6 Å². The third kappa shape index (κ3) is 3.43. The highest BCUT2D eigenvalue weighted by Gasteiger charge is 2.17. The molecule has 1 amide bonds. The number of hydrogen-bond donors (Lipinski definition) is 0. The van der Waals surface area contributed by atoms with Crippen LogP contribution in [0, 0.1) is 10.1 Å². The molecule has 0 unspecified atom stereocenters. The SMILES string of the molecule is CCn1cc(Cl)c(CN(C)C(=O)c2cccc([N+](=O)[O-])c2)n1. The zero-order valence-corrected chi connectivity index (χ0v) is 12.9. The van der Waals surface area contributed by atoms with Gasteiger partial charge in [-0.25, -0.2) is 0 Å². The molecule has 0 aliphatic carbocycles. The number of carbonyl (C=O) groups is 1. The maximum absolute atomic E-state index is 12.3. The van der Waals surface area contributed by atoms with Crippen molar-refractivity contribution in [2.45, 2.75) is 20.0 Å². The Kier molecular flexibility index (Phi) is 4.77. The fourth-order valence-electron chi connectivity index (χ4n) is 1.98. The third-order valence-corrected chi connectivity index (χ3v) is 3.46. The summed E-state index contributed by atoms with van der Waals surface area (Å²) in [6, 6.07) is 5.62. The van der Waals surface area contributed by atoms with Gasteiger partial charge in [-0.2, -0.15) is 5.10 Å². The minimum atomic E-state index is -0.531. The van der Waals surface area contributed by atoms with Crippen molar-refractivity contribution >= 4 is 23.2 Å². The molecule has 0 fully saturated rings. The van der Waals surface area contributed by atoms with E-state index in [0.717, 1.165) is 0 Å². The topological polar surface area (TPSA) is 81.3 Å². The van der Waals surface area contributed by atoms with Gasteiger partial charge in [0.1, 0.15) is 5.69 Å². The molecule has 0 radical (unpaired) electrons. The Labute approximate surface area is 132 Å². The monoisotopic (exact) mass is 322 g/mol. The number of benzene rings is 1. The Morgan fingerprint density at radius 1 is 1.50 bits per heavy atom. The molecule has 2 rings (SSSR count). The number of nitro benzene ring substituents is 1. The standard InChI is InChI=1S/C14H15ClN4O3/c1-3-18-8-12(15)13(16-18)9-17(2)14(20)10-5-4-6-11(7-10)19(21)22/h4-8H,3,9H2,1-2H3. The van der Waals surface area contributed by atoms with Gasteiger partial charge >= 0.3 is 0 Å². The summed E-state index contributed by atoms with van der Waals surface area (Å²) in [6.45, 7) is 2.85. The number of nitro groups is 1. The Hall–Kier alpha value is -2.41. The molecule has 0 N–H and O–H groups in total. The lowest BCUT2D eigenvalue weighted by atomic mass is 10.2. The van der Waals surface area contributed by atoms with Crippen LogP contribution >= 0.6 is 11.6 Å². The number of amides is 1. The zero-order chi connectivity index (χ0) is 16.3. The lowest BCUT2D eigenvalue weighted by molar-refractivity contribution is -0.384. The summed E-state index contributed by atoms with van der Waals surface area (Å²) in [5.74, 6) is -0.328. The molecule has 0 aliphatic heterocycles. The predicted octanol–water partition coefficient (Wildman–Crippen LogP) is 2.74. The molecular formula is C14H15ClN4O3. The van der Waals surface area contributed by atoms with E-state index >= 15 is 0 Å². The highest BCUT2D eigenvalue weighted by molar-refractivity contribution is 6.31. The van der Waals surface area contributed by atoms with Crippen LogP contribution in [0.4, 0.5) is 5.69 Å². The molecule has 22 heavy (non-hydrogen) atoms. The van der Waals surface area contributed by atoms with E-state index in [0.29, 0.717) is 17.3 Å². The van der Waals surface area contributed by atoms with Crippen LogP contribution in [0.5, 0.6) is 0 Å². The molecule has 0 saturated heterocycles. The Bertz CT molecular complexity index is 714. The van der Waals surface area contributed by atoms with Gasteiger partial charge < -0.3 is 4.90 Å². The summed E-state index contributed by atoms with van der Waals surface area (Å²) in [7, 11) is 1.60. The van der Waals surface area contributed by atoms with E-state index in [-0.39, 0.29) is 23.7 Å². The van der Waals surface area contributed by atoms with Crippen molar-refractivity contribution in [3.8, 4) is 0 Å². The van der Waals surface area contributed by atoms with Crippen LogP contribution in [0.3, 0.4) is 0 Å². The normalized spacial score (nSPS) is 10.5. The first-order valence-electron chi connectivity index (χ1n) is 6.64. The fourth-order valence-corrected chi connectivity index (χ4v) is 2.19. The van der Waals surface area contributed by atoms with Crippen molar-refractivity contribution in [2.75, 3.05) is 7.05 Å². The van der Waals surface area contributed by atoms with Crippen LogP contribution in [0.1, 0.15) is 23.0 Å². The van der Waals surface area contributed by atoms with Gasteiger partial charge in [-0.3, -0.25) is 19.6 Å². The second-order valence-corrected chi connectivity index (χ2v) is 5.16. The fraction of sp³-hybridized carbons (Fsp3) is 0.286. The maximum Gasteiger partial charge on any atom is 0.270 e. The second-order valence-electron chi connectivity index (χ2n) is 4.75. The summed E-state index contributed by atoms with van der Waals surface area (Å²) >= 11 is 6.07. The van der Waals surface area contributed by atoms with Gasteiger partial charge in [0.2, 0.25) is 0 Å². The largest absolute Gasteiger partial charge is 0.336 e. The number of rotatable bonds is 5. The summed E-state index contributed by atoms with van der Waals surface area (Å²) in [6.07, 6.45) is 1.70. The highest BCUT2D eigenvalue weighted by Crippen LogP contribution is 2.18. The number of non-ortho nitro benzene ring substituents is 1. The molecule has 0 spiro atoms. The first-order valence-corrected chi connectivity index (χ1v) is 7.02. The molecule has 8 heteroatoms. The lowest BCUT2D eigenvalue weighted by Gasteiger charge is -2.16. The minimum absolute atomic E-state index is 0.118. The maximum atomic E-state index is 12.3. The van der Waals surface area contributed by atoms with Crippen molar-refractivity contribution in [2.24, 2.45) is 0 Å². The van der Waals surface area contributed by atoms with E-state index in [2.05, 4.69) is 5.10 Å². The molecule has 1 aromatic carbocycles. The number of carbonyl (C=O) groups excluding carboxylic acids is 1. The van der Waals surface area contributed by atoms with Gasteiger partial charge in [-0.1, -0.05) is 17.7 Å². The summed E-state index contributed by atoms with van der Waals surface area (Å²) in [5, 5.41) is 15.5. The predicted molar refractivity (Wildman–Crippen MR) is 81.8 cm³/mol. The summed E-state index contributed by atoms with van der Waals surface area (Å²) < 4.78 is 1.68. The molecule has 1 aromatic heterocycles. The smallest absolute Gasteiger partial charge is 0.270 e. The third-order valence-electron chi connectivity index (χ3n) is 3.15. The van der Waals surface area contributed by atoms with Crippen LogP contribution in [-0.2, 0) is 13.1 Å². The molecule has 0 saturated carbocycles. The highest BCUT2D eigenvalue weighted by atomic mass is 35.5. The minimum Gasteiger partial charge on any atom is -0.336 e. The van der Waals surface area contributed by atoms with E-state index in [1.165, 1.54) is 29.2 Å². The van der Waals surface area contributed by atoms with Gasteiger partial charge in [0.05, 0.1) is 16.5 Å². The van der Waals surface area contributed by atoms with Crippen LogP contribution in [0.25, 0.3) is 0 Å². The first-order chi connectivity index (χ1) is 10.4. The number of aryl methyl sites for hydroxylation is 1. The van der Waals surface area contributed by atoms with Gasteiger partial charge in [0, 0.05) is 37.5 Å². The average Bonchev–Trinajstić information content (AvgIpc) is 2.86. The van der Waals surface area contributed by atoms with Crippen LogP contribution in [-0.4, -0.2) is 32.6 Å². The van der Waals surface area contributed by atoms with Crippen LogP contribution < -0.4 is 0 Å². The van der Waals surface area contributed by atoms with Crippen LogP contribution in [0.15, 0.2) is 30.5 Å². The van der Waals surface area contributed by atoms with E-state index in [1.807, 2.05) is 6.92 Å². The molecule has 0 bridgehead atoms. The number of halogens is 1. The molecule has 116 valence electrons. The summed E-state index contributed by atoms with van der Waals surface area (Å²) in [5.41, 5.74) is 0.722. The quantitative estimate of drug-likeness (QED) is 0.626. The van der Waals surface area contributed by atoms with Crippen molar-refractivity contribution in [1.82, 2.24) is 14.7 Å². The van der Waals surface area contributed by atoms with E-state index in [1.54, 1.807) is 17.9 Å². The number of aromatic nitrogens is 2. The number of hydrogen-bond acceptors (Lipinski definition) is 4. The van der Waals surface area contributed by atoms with Gasteiger partial charge in [-0.15, -0.1) is 0 Å². The van der Waals surface area contributed by atoms with Crippen LogP contribution in [0.2, 0.25) is 5.02 Å². The van der Waals surface area contributed by atoms with Crippen molar-refractivity contribution in [1.29, 1.82) is 0 Å². The van der Waals surface area contributed by atoms with Crippen molar-refractivity contribution in [3.05, 3.63) is 56.9 Å². The second kappa shape index (κ2) is 6.57. The summed E-state index contributed by atoms with van der Waals surface area (Å²) in [4.78, 5) is 24.0. The van der Waals surface area contributed by atoms with Gasteiger partial charge in [-0.05, 0) is 13.0 Å². The Morgan fingerprint density at radius 3 is 2.82 bits per heavy atom. The molecular weight excluding hydrogens is 308 g/mol. The van der Waals surface area contributed by atoms with Gasteiger partial charge in [0.15, 0.2) is 0 Å². The molecule has 0 atom stereocenters. The van der Waals surface area contributed by atoms with E-state index in [4.69, 9.17) is 11.6 Å². The first kappa shape index (κ1) is 16.0. The average molecular weight is 323 g/mol. The van der Waals surface area contributed by atoms with Crippen molar-refractivity contribution in [3.63, 3.8) is 0 Å². The molecule has 7 nitrogen and oxygen atoms in total. The molecule has 2 aromatic rings. The lowest BCUT2D eigenvalue weighted by Crippen LogP contribution is -2.26. The van der Waals surface area contributed by atoms with E-state index < -0.39 is 4.92 Å². The van der Waals surface area contributed by atoms with E-state index in [9.17, 15) is 14.9 Å². The molecule has 0 aliphatic rings. The number of nitrogens with zero attached hydrogens (tertiary/aromatic N) is 4. The Balaban J connectivity index is 2.16. The Morgan fingerprint density at radius 2 is 2.23 bits per heavy atom.